The van der Waals surface area contributed by atoms with Crippen LogP contribution in [0.25, 0.3) is 0 Å². The highest BCUT2D eigenvalue weighted by atomic mass is 15.2. The van der Waals surface area contributed by atoms with E-state index in [0.717, 1.165) is 18.4 Å². The minimum atomic E-state index is 0.317. The lowest BCUT2D eigenvalue weighted by Gasteiger charge is -2.47. The highest BCUT2D eigenvalue weighted by Crippen LogP contribution is 2.47. The Morgan fingerprint density at radius 1 is 1.18 bits per heavy atom. The summed E-state index contributed by atoms with van der Waals surface area (Å²) in [5.41, 5.74) is 6.97. The zero-order valence-electron chi connectivity index (χ0n) is 12.1. The zero-order valence-corrected chi connectivity index (χ0v) is 12.1. The van der Waals surface area contributed by atoms with Gasteiger partial charge in [0.1, 0.15) is 0 Å². The fourth-order valence-electron chi connectivity index (χ4n) is 3.91. The molecule has 0 spiro atoms. The van der Waals surface area contributed by atoms with E-state index < -0.39 is 0 Å². The van der Waals surface area contributed by atoms with Crippen molar-refractivity contribution < 1.29 is 0 Å². The molecule has 1 aliphatic carbocycles. The fraction of sp³-hybridized carbons (Fsp3) is 1.00. The molecule has 2 aliphatic rings. The lowest BCUT2D eigenvalue weighted by Crippen LogP contribution is -2.56. The predicted molar refractivity (Wildman–Crippen MR) is 73.9 cm³/mol. The summed E-state index contributed by atoms with van der Waals surface area (Å²) in [5.74, 6) is 1.71. The summed E-state index contributed by atoms with van der Waals surface area (Å²) in [7, 11) is 0. The van der Waals surface area contributed by atoms with Crippen LogP contribution < -0.4 is 5.73 Å². The van der Waals surface area contributed by atoms with Gasteiger partial charge in [-0.25, -0.2) is 0 Å². The first-order valence-corrected chi connectivity index (χ1v) is 7.34. The smallest absolute Gasteiger partial charge is 0.0337 e. The normalized spacial score (nSPS) is 42.9. The van der Waals surface area contributed by atoms with Gasteiger partial charge in [0.2, 0.25) is 0 Å². The van der Waals surface area contributed by atoms with Crippen molar-refractivity contribution >= 4 is 0 Å². The van der Waals surface area contributed by atoms with E-state index in [-0.39, 0.29) is 0 Å². The number of piperidine rings is 1. The van der Waals surface area contributed by atoms with E-state index >= 15 is 0 Å². The second kappa shape index (κ2) is 4.55. The minimum Gasteiger partial charge on any atom is -0.329 e. The van der Waals surface area contributed by atoms with Gasteiger partial charge in [0.15, 0.2) is 0 Å². The lowest BCUT2D eigenvalue weighted by atomic mass is 9.82. The highest BCUT2D eigenvalue weighted by molar-refractivity contribution is 5.03. The summed E-state index contributed by atoms with van der Waals surface area (Å²) in [5, 5.41) is 0. The first-order valence-electron chi connectivity index (χ1n) is 7.34. The molecule has 1 aliphatic heterocycles. The first kappa shape index (κ1) is 13.4. The van der Waals surface area contributed by atoms with Crippen LogP contribution in [0.2, 0.25) is 0 Å². The molecule has 0 amide bonds. The molecule has 1 saturated heterocycles. The Bertz CT molecular complexity index is 274. The van der Waals surface area contributed by atoms with Crippen LogP contribution in [0.15, 0.2) is 0 Å². The summed E-state index contributed by atoms with van der Waals surface area (Å²) in [4.78, 5) is 2.73. The monoisotopic (exact) mass is 238 g/mol. The van der Waals surface area contributed by atoms with E-state index in [2.05, 4.69) is 32.6 Å². The van der Waals surface area contributed by atoms with Crippen molar-refractivity contribution in [2.45, 2.75) is 58.9 Å². The Morgan fingerprint density at radius 3 is 2.35 bits per heavy atom. The van der Waals surface area contributed by atoms with Gasteiger partial charge in [0.25, 0.3) is 0 Å². The molecule has 2 rings (SSSR count). The number of hydrogen-bond donors (Lipinski definition) is 1. The standard InChI is InChI=1S/C15H30N2/c1-12-5-8-17(9-13(12)2)15(11-16)7-6-14(3,4)10-15/h12-13H,5-11,16H2,1-4H3. The number of hydrogen-bond acceptors (Lipinski definition) is 2. The number of likely N-dealkylation sites (tertiary alicyclic amines) is 1. The molecule has 0 aromatic heterocycles. The summed E-state index contributed by atoms with van der Waals surface area (Å²) < 4.78 is 0. The van der Waals surface area contributed by atoms with Crippen LogP contribution in [0, 0.1) is 17.3 Å². The van der Waals surface area contributed by atoms with E-state index in [9.17, 15) is 0 Å². The number of nitrogens with zero attached hydrogens (tertiary/aromatic N) is 1. The molecule has 0 aromatic rings. The van der Waals surface area contributed by atoms with Gasteiger partial charge < -0.3 is 5.73 Å². The van der Waals surface area contributed by atoms with Gasteiger partial charge in [0.05, 0.1) is 0 Å². The zero-order chi connectivity index (χ0) is 12.7. The van der Waals surface area contributed by atoms with Gasteiger partial charge in [-0.05, 0) is 49.5 Å². The third-order valence-electron chi connectivity index (χ3n) is 5.46. The van der Waals surface area contributed by atoms with Crippen LogP contribution in [-0.4, -0.2) is 30.1 Å². The number of rotatable bonds is 2. The Labute approximate surface area is 107 Å². The molecule has 2 heteroatoms. The van der Waals surface area contributed by atoms with Gasteiger partial charge >= 0.3 is 0 Å². The van der Waals surface area contributed by atoms with E-state index in [1.54, 1.807) is 0 Å². The third-order valence-corrected chi connectivity index (χ3v) is 5.46. The van der Waals surface area contributed by atoms with Crippen LogP contribution in [0.5, 0.6) is 0 Å². The van der Waals surface area contributed by atoms with Gasteiger partial charge in [-0.2, -0.15) is 0 Å². The molecule has 0 aromatic carbocycles. The molecule has 0 radical (unpaired) electrons. The second-order valence-corrected chi connectivity index (χ2v) is 7.46. The van der Waals surface area contributed by atoms with Crippen LogP contribution in [-0.2, 0) is 0 Å². The molecule has 3 atom stereocenters. The Hall–Kier alpha value is -0.0800. The Kier molecular flexibility index (Phi) is 3.57. The highest BCUT2D eigenvalue weighted by Gasteiger charge is 2.47. The van der Waals surface area contributed by atoms with E-state index in [0.29, 0.717) is 11.0 Å². The molecule has 1 heterocycles. The second-order valence-electron chi connectivity index (χ2n) is 7.46. The average molecular weight is 238 g/mol. The van der Waals surface area contributed by atoms with Gasteiger partial charge in [0, 0.05) is 18.6 Å². The lowest BCUT2D eigenvalue weighted by molar-refractivity contribution is 0.0284. The van der Waals surface area contributed by atoms with E-state index in [4.69, 9.17) is 5.73 Å². The van der Waals surface area contributed by atoms with Crippen LogP contribution >= 0.6 is 0 Å². The molecule has 2 fully saturated rings. The predicted octanol–water partition coefficient (Wildman–Crippen LogP) is 2.87. The maximum Gasteiger partial charge on any atom is 0.0337 e. The van der Waals surface area contributed by atoms with Crippen molar-refractivity contribution in [3.05, 3.63) is 0 Å². The summed E-state index contributed by atoms with van der Waals surface area (Å²) in [6.45, 7) is 13.0. The van der Waals surface area contributed by atoms with Crippen LogP contribution in [0.1, 0.15) is 53.4 Å². The summed E-state index contributed by atoms with van der Waals surface area (Å²) in [6.07, 6.45) is 5.28. The maximum absolute atomic E-state index is 6.16. The van der Waals surface area contributed by atoms with Gasteiger partial charge in [-0.15, -0.1) is 0 Å². The topological polar surface area (TPSA) is 29.3 Å². The van der Waals surface area contributed by atoms with Gasteiger partial charge in [-0.3, -0.25) is 4.90 Å². The third kappa shape index (κ3) is 2.53. The Balaban J connectivity index is 2.09. The maximum atomic E-state index is 6.16. The molecule has 17 heavy (non-hydrogen) atoms. The van der Waals surface area contributed by atoms with E-state index in [1.807, 2.05) is 0 Å². The number of nitrogens with two attached hydrogens (primary N) is 1. The van der Waals surface area contributed by atoms with E-state index in [1.165, 1.54) is 38.8 Å². The SMILES string of the molecule is CC1CCN(C2(CN)CCC(C)(C)C2)CC1C. The molecule has 1 saturated carbocycles. The summed E-state index contributed by atoms with van der Waals surface area (Å²) in [6, 6.07) is 0. The Morgan fingerprint density at radius 2 is 1.88 bits per heavy atom. The van der Waals surface area contributed by atoms with Crippen molar-refractivity contribution in [3.8, 4) is 0 Å². The average Bonchev–Trinajstić information content (AvgIpc) is 2.60. The quantitative estimate of drug-likeness (QED) is 0.801. The van der Waals surface area contributed by atoms with Gasteiger partial charge in [-0.1, -0.05) is 27.7 Å². The molecule has 0 bridgehead atoms. The van der Waals surface area contributed by atoms with Crippen molar-refractivity contribution in [2.75, 3.05) is 19.6 Å². The van der Waals surface area contributed by atoms with Crippen LogP contribution in [0.3, 0.4) is 0 Å². The molecular formula is C15H30N2. The van der Waals surface area contributed by atoms with Crippen LogP contribution in [0.4, 0.5) is 0 Å². The summed E-state index contributed by atoms with van der Waals surface area (Å²) >= 11 is 0. The largest absolute Gasteiger partial charge is 0.329 e. The van der Waals surface area contributed by atoms with Crippen molar-refractivity contribution in [2.24, 2.45) is 23.0 Å². The molecule has 3 unspecified atom stereocenters. The van der Waals surface area contributed by atoms with Crippen molar-refractivity contribution in [1.29, 1.82) is 0 Å². The first-order chi connectivity index (χ1) is 7.88. The molecule has 2 nitrogen and oxygen atoms in total. The van der Waals surface area contributed by atoms with Crippen molar-refractivity contribution in [3.63, 3.8) is 0 Å². The molecule has 100 valence electrons. The van der Waals surface area contributed by atoms with Crippen molar-refractivity contribution in [1.82, 2.24) is 4.90 Å². The molecule has 2 N–H and O–H groups in total. The minimum absolute atomic E-state index is 0.317. The fourth-order valence-corrected chi connectivity index (χ4v) is 3.91. The molecular weight excluding hydrogens is 208 g/mol.